The molecule has 1 aromatic rings. The summed E-state index contributed by atoms with van der Waals surface area (Å²) in [6.07, 6.45) is -1.71. The first-order chi connectivity index (χ1) is 13.2. The maximum Gasteiger partial charge on any atom is 0.436 e. The van der Waals surface area contributed by atoms with Crippen molar-refractivity contribution in [1.82, 2.24) is 10.6 Å². The minimum Gasteiger partial charge on any atom is -0.497 e. The number of methoxy groups -OCH3 is 1. The van der Waals surface area contributed by atoms with E-state index in [4.69, 9.17) is 9.47 Å². The van der Waals surface area contributed by atoms with Crippen molar-refractivity contribution in [3.05, 3.63) is 29.8 Å². The molecule has 0 heterocycles. The molecule has 9 heteroatoms. The van der Waals surface area contributed by atoms with Crippen molar-refractivity contribution in [2.75, 3.05) is 13.7 Å². The van der Waals surface area contributed by atoms with Crippen molar-refractivity contribution >= 4 is 11.9 Å². The van der Waals surface area contributed by atoms with E-state index in [2.05, 4.69) is 5.32 Å². The third kappa shape index (κ3) is 4.95. The van der Waals surface area contributed by atoms with Crippen LogP contribution in [-0.2, 0) is 9.53 Å². The topological polar surface area (TPSA) is 76.7 Å². The Morgan fingerprint density at radius 3 is 2.21 bits per heavy atom. The van der Waals surface area contributed by atoms with Gasteiger partial charge in [-0.1, -0.05) is 19.3 Å². The molecule has 156 valence electrons. The minimum atomic E-state index is -5.10. The summed E-state index contributed by atoms with van der Waals surface area (Å²) in [5.74, 6) is -2.17. The van der Waals surface area contributed by atoms with Crippen molar-refractivity contribution in [2.45, 2.75) is 56.9 Å². The van der Waals surface area contributed by atoms with Crippen LogP contribution in [0.4, 0.5) is 13.2 Å². The molecule has 1 atom stereocenters. The highest BCUT2D eigenvalue weighted by Crippen LogP contribution is 2.32. The Morgan fingerprint density at radius 2 is 1.71 bits per heavy atom. The Labute approximate surface area is 161 Å². The molecular weight excluding hydrogens is 377 g/mol. The molecule has 0 saturated heterocycles. The van der Waals surface area contributed by atoms with Crippen LogP contribution in [0.15, 0.2) is 24.3 Å². The molecule has 6 nitrogen and oxygen atoms in total. The number of ether oxygens (including phenoxy) is 2. The lowest BCUT2D eigenvalue weighted by atomic mass is 9.93. The monoisotopic (exact) mass is 402 g/mol. The third-order valence-corrected chi connectivity index (χ3v) is 4.69. The maximum absolute atomic E-state index is 14.1. The Bertz CT molecular complexity index is 673. The largest absolute Gasteiger partial charge is 0.497 e. The van der Waals surface area contributed by atoms with E-state index in [1.807, 2.05) is 5.32 Å². The number of nitrogens with one attached hydrogen (secondary N) is 2. The van der Waals surface area contributed by atoms with Crippen LogP contribution in [0.5, 0.6) is 5.75 Å². The van der Waals surface area contributed by atoms with E-state index >= 15 is 0 Å². The second-order valence-corrected chi connectivity index (χ2v) is 6.63. The zero-order chi connectivity index (χ0) is 20.8. The normalized spacial score (nSPS) is 17.5. The second kappa shape index (κ2) is 9.27. The SMILES string of the molecule is CCOC(=O)C(NC(=O)c1ccc(OC)cc1)(NC1CCCCC1)C(F)(F)F. The molecule has 1 unspecified atom stereocenters. The van der Waals surface area contributed by atoms with Gasteiger partial charge >= 0.3 is 12.1 Å². The fourth-order valence-electron chi connectivity index (χ4n) is 3.19. The van der Waals surface area contributed by atoms with E-state index in [0.29, 0.717) is 18.6 Å². The highest BCUT2D eigenvalue weighted by atomic mass is 19.4. The molecule has 1 aromatic carbocycles. The number of hydrogen-bond acceptors (Lipinski definition) is 5. The van der Waals surface area contributed by atoms with E-state index in [9.17, 15) is 22.8 Å². The fourth-order valence-corrected chi connectivity index (χ4v) is 3.19. The Balaban J connectivity index is 2.35. The first kappa shape index (κ1) is 22.0. The quantitative estimate of drug-likeness (QED) is 0.541. The number of alkyl halides is 3. The molecule has 1 amide bonds. The van der Waals surface area contributed by atoms with Gasteiger partial charge in [-0.15, -0.1) is 0 Å². The molecule has 1 aliphatic rings. The van der Waals surface area contributed by atoms with Gasteiger partial charge in [0.25, 0.3) is 11.6 Å². The smallest absolute Gasteiger partial charge is 0.436 e. The van der Waals surface area contributed by atoms with E-state index in [0.717, 1.165) is 19.3 Å². The van der Waals surface area contributed by atoms with Crippen molar-refractivity contribution in [3.8, 4) is 5.75 Å². The summed E-state index contributed by atoms with van der Waals surface area (Å²) < 4.78 is 52.0. The van der Waals surface area contributed by atoms with Gasteiger partial charge in [-0.25, -0.2) is 4.79 Å². The third-order valence-electron chi connectivity index (χ3n) is 4.69. The molecule has 0 aliphatic heterocycles. The lowest BCUT2D eigenvalue weighted by Crippen LogP contribution is -2.74. The summed E-state index contributed by atoms with van der Waals surface area (Å²) in [6, 6.07) is 4.98. The predicted octanol–water partition coefficient (Wildman–Crippen LogP) is 3.17. The van der Waals surface area contributed by atoms with E-state index in [1.54, 1.807) is 0 Å². The van der Waals surface area contributed by atoms with Crippen LogP contribution in [0.2, 0.25) is 0 Å². The number of amides is 1. The number of carbonyl (C=O) groups is 2. The van der Waals surface area contributed by atoms with E-state index in [-0.39, 0.29) is 12.2 Å². The van der Waals surface area contributed by atoms with Gasteiger partial charge in [-0.3, -0.25) is 10.1 Å². The van der Waals surface area contributed by atoms with Crippen LogP contribution in [-0.4, -0.2) is 43.5 Å². The lowest BCUT2D eigenvalue weighted by Gasteiger charge is -2.38. The number of esters is 1. The van der Waals surface area contributed by atoms with Gasteiger partial charge in [0.2, 0.25) is 0 Å². The lowest BCUT2D eigenvalue weighted by molar-refractivity contribution is -0.220. The summed E-state index contributed by atoms with van der Waals surface area (Å²) in [5.41, 5.74) is -3.36. The minimum absolute atomic E-state index is 0.0378. The zero-order valence-electron chi connectivity index (χ0n) is 15.9. The average Bonchev–Trinajstić information content (AvgIpc) is 2.67. The molecule has 0 spiro atoms. The van der Waals surface area contributed by atoms with Crippen LogP contribution < -0.4 is 15.4 Å². The number of halogens is 3. The van der Waals surface area contributed by atoms with Gasteiger partial charge in [0.15, 0.2) is 0 Å². The number of hydrogen-bond donors (Lipinski definition) is 2. The van der Waals surface area contributed by atoms with Gasteiger partial charge in [-0.05, 0) is 44.0 Å². The van der Waals surface area contributed by atoms with Gasteiger partial charge in [0.1, 0.15) is 5.75 Å². The van der Waals surface area contributed by atoms with Gasteiger partial charge in [0.05, 0.1) is 13.7 Å². The maximum atomic E-state index is 14.1. The zero-order valence-corrected chi connectivity index (χ0v) is 15.9. The molecule has 2 rings (SSSR count). The van der Waals surface area contributed by atoms with Crippen LogP contribution in [0.1, 0.15) is 49.4 Å². The summed E-state index contributed by atoms with van der Waals surface area (Å²) in [6.45, 7) is 1.16. The average molecular weight is 402 g/mol. The summed E-state index contributed by atoms with van der Waals surface area (Å²) >= 11 is 0. The fraction of sp³-hybridized carbons (Fsp3) is 0.579. The molecule has 1 saturated carbocycles. The highest BCUT2D eigenvalue weighted by Gasteiger charge is 2.63. The molecule has 2 N–H and O–H groups in total. The number of rotatable bonds is 7. The molecule has 0 aromatic heterocycles. The van der Waals surface area contributed by atoms with Crippen molar-refractivity contribution < 1.29 is 32.2 Å². The second-order valence-electron chi connectivity index (χ2n) is 6.63. The summed E-state index contributed by atoms with van der Waals surface area (Å²) in [7, 11) is 1.43. The van der Waals surface area contributed by atoms with Gasteiger partial charge in [-0.2, -0.15) is 13.2 Å². The molecule has 0 radical (unpaired) electrons. The highest BCUT2D eigenvalue weighted by molar-refractivity contribution is 5.98. The number of carbonyl (C=O) groups excluding carboxylic acids is 2. The molecule has 28 heavy (non-hydrogen) atoms. The number of benzene rings is 1. The Kier molecular flexibility index (Phi) is 7.29. The van der Waals surface area contributed by atoms with Crippen LogP contribution >= 0.6 is 0 Å². The van der Waals surface area contributed by atoms with E-state index in [1.165, 1.54) is 38.3 Å². The van der Waals surface area contributed by atoms with Crippen LogP contribution in [0.3, 0.4) is 0 Å². The molecular formula is C19H25F3N2O4. The Hall–Kier alpha value is -2.29. The molecule has 1 fully saturated rings. The van der Waals surface area contributed by atoms with E-state index < -0.39 is 29.8 Å². The predicted molar refractivity (Wildman–Crippen MR) is 95.9 cm³/mol. The van der Waals surface area contributed by atoms with Gasteiger partial charge < -0.3 is 14.8 Å². The Morgan fingerprint density at radius 1 is 1.11 bits per heavy atom. The van der Waals surface area contributed by atoms with Crippen molar-refractivity contribution in [3.63, 3.8) is 0 Å². The summed E-state index contributed by atoms with van der Waals surface area (Å²) in [4.78, 5) is 25.0. The first-order valence-electron chi connectivity index (χ1n) is 9.21. The van der Waals surface area contributed by atoms with Crippen molar-refractivity contribution in [2.24, 2.45) is 0 Å². The standard InChI is InChI=1S/C19H25F3N2O4/c1-3-28-17(26)18(19(20,21)22,23-14-7-5-4-6-8-14)24-16(25)13-9-11-15(27-2)12-10-13/h9-12,14,23H,3-8H2,1-2H3,(H,24,25). The van der Waals surface area contributed by atoms with Crippen LogP contribution in [0, 0.1) is 0 Å². The van der Waals surface area contributed by atoms with Crippen molar-refractivity contribution in [1.29, 1.82) is 0 Å². The first-order valence-corrected chi connectivity index (χ1v) is 9.21. The molecule has 0 bridgehead atoms. The summed E-state index contributed by atoms with van der Waals surface area (Å²) in [5, 5.41) is 4.23. The van der Waals surface area contributed by atoms with Crippen LogP contribution in [0.25, 0.3) is 0 Å². The van der Waals surface area contributed by atoms with Gasteiger partial charge in [0, 0.05) is 11.6 Å². The molecule has 1 aliphatic carbocycles.